The Labute approximate surface area is 212 Å². The molecule has 1 aliphatic heterocycles. The van der Waals surface area contributed by atoms with Crippen molar-refractivity contribution < 1.29 is 14.6 Å². The summed E-state index contributed by atoms with van der Waals surface area (Å²) in [5, 5.41) is 12.7. The predicted octanol–water partition coefficient (Wildman–Crippen LogP) is 3.69. The van der Waals surface area contributed by atoms with Gasteiger partial charge in [0.1, 0.15) is 17.9 Å². The quantitative estimate of drug-likeness (QED) is 0.394. The number of piperidine rings is 1. The van der Waals surface area contributed by atoms with Crippen molar-refractivity contribution in [1.29, 1.82) is 0 Å². The third kappa shape index (κ3) is 4.84. The third-order valence-corrected chi connectivity index (χ3v) is 6.66. The van der Waals surface area contributed by atoms with E-state index in [9.17, 15) is 14.7 Å². The van der Waals surface area contributed by atoms with Crippen molar-refractivity contribution in [2.45, 2.75) is 38.3 Å². The maximum atomic E-state index is 13.5. The van der Waals surface area contributed by atoms with E-state index in [0.29, 0.717) is 30.2 Å². The lowest BCUT2D eigenvalue weighted by Crippen LogP contribution is -2.44. The third-order valence-electron chi connectivity index (χ3n) is 6.35. The summed E-state index contributed by atoms with van der Waals surface area (Å²) < 4.78 is 7.25. The number of likely N-dealkylation sites (tertiary alicyclic amines) is 1. The first kappa shape index (κ1) is 24.0. The van der Waals surface area contributed by atoms with Crippen LogP contribution in [0.1, 0.15) is 41.7 Å². The number of carbonyl (C=O) groups excluding carboxylic acids is 1. The van der Waals surface area contributed by atoms with Crippen molar-refractivity contribution in [2.75, 3.05) is 13.2 Å². The van der Waals surface area contributed by atoms with Crippen LogP contribution < -0.4 is 10.3 Å². The molecule has 5 rings (SSSR count). The molecule has 2 N–H and O–H groups in total. The first-order valence-corrected chi connectivity index (χ1v) is 12.3. The van der Waals surface area contributed by atoms with E-state index >= 15 is 0 Å². The topological polar surface area (TPSA) is 113 Å². The van der Waals surface area contributed by atoms with Gasteiger partial charge in [0.05, 0.1) is 10.7 Å². The van der Waals surface area contributed by atoms with Crippen LogP contribution in [0.15, 0.2) is 59.4 Å². The number of amides is 1. The molecule has 9 nitrogen and oxygen atoms in total. The van der Waals surface area contributed by atoms with Crippen LogP contribution >= 0.6 is 11.6 Å². The van der Waals surface area contributed by atoms with Gasteiger partial charge in [-0.25, -0.2) is 4.98 Å². The molecular formula is C26H26ClN5O4. The van der Waals surface area contributed by atoms with Crippen LogP contribution in [0.2, 0.25) is 5.02 Å². The maximum absolute atomic E-state index is 13.5. The second kappa shape index (κ2) is 10.5. The molecule has 1 aliphatic rings. The molecule has 36 heavy (non-hydrogen) atoms. The molecule has 3 heterocycles. The SMILES string of the molecule is O=C(c1c(Cl)cccc1OCc1cc(=O)n2[nH]c(-c3ccccc3)nc2n1)N1CCCC[C@@H]1CCO. The Bertz CT molecular complexity index is 1430. The lowest BCUT2D eigenvalue weighted by atomic mass is 9.98. The molecule has 1 atom stereocenters. The van der Waals surface area contributed by atoms with Gasteiger partial charge in [0, 0.05) is 30.8 Å². The van der Waals surface area contributed by atoms with Gasteiger partial charge in [-0.05, 0) is 37.8 Å². The highest BCUT2D eigenvalue weighted by molar-refractivity contribution is 6.34. The fraction of sp³-hybridized carbons (Fsp3) is 0.308. The lowest BCUT2D eigenvalue weighted by molar-refractivity contribution is 0.0570. The van der Waals surface area contributed by atoms with Crippen LogP contribution in [-0.4, -0.2) is 54.7 Å². The number of aliphatic hydroxyl groups excluding tert-OH is 1. The van der Waals surface area contributed by atoms with Crippen molar-refractivity contribution in [2.24, 2.45) is 0 Å². The molecule has 186 valence electrons. The number of rotatable bonds is 7. The molecule has 0 unspecified atom stereocenters. The number of nitrogens with one attached hydrogen (secondary N) is 1. The van der Waals surface area contributed by atoms with Gasteiger partial charge in [-0.1, -0.05) is 48.0 Å². The Morgan fingerprint density at radius 3 is 2.78 bits per heavy atom. The van der Waals surface area contributed by atoms with Gasteiger partial charge in [-0.2, -0.15) is 9.50 Å². The number of hydrogen-bond donors (Lipinski definition) is 2. The predicted molar refractivity (Wildman–Crippen MR) is 135 cm³/mol. The van der Waals surface area contributed by atoms with Crippen LogP contribution in [0.25, 0.3) is 17.2 Å². The van der Waals surface area contributed by atoms with Gasteiger partial charge < -0.3 is 14.7 Å². The molecule has 1 saturated heterocycles. The number of fused-ring (bicyclic) bond motifs is 1. The Morgan fingerprint density at radius 1 is 1.14 bits per heavy atom. The summed E-state index contributed by atoms with van der Waals surface area (Å²) in [7, 11) is 0. The number of ether oxygens (including phenoxy) is 1. The number of halogens is 1. The molecule has 1 amide bonds. The Balaban J connectivity index is 1.40. The highest BCUT2D eigenvalue weighted by Crippen LogP contribution is 2.31. The molecule has 1 fully saturated rings. The molecule has 0 aliphatic carbocycles. The van der Waals surface area contributed by atoms with Gasteiger partial charge in [0.15, 0.2) is 5.82 Å². The van der Waals surface area contributed by atoms with E-state index in [-0.39, 0.29) is 47.1 Å². The fourth-order valence-electron chi connectivity index (χ4n) is 4.57. The molecule has 0 bridgehead atoms. The van der Waals surface area contributed by atoms with Crippen LogP contribution in [0.5, 0.6) is 5.75 Å². The molecule has 10 heteroatoms. The summed E-state index contributed by atoms with van der Waals surface area (Å²) in [5.41, 5.74) is 1.16. The Morgan fingerprint density at radius 2 is 1.97 bits per heavy atom. The second-order valence-electron chi connectivity index (χ2n) is 8.72. The number of H-pyrrole nitrogens is 1. The van der Waals surface area contributed by atoms with Crippen molar-refractivity contribution in [3.8, 4) is 17.1 Å². The zero-order valence-corrected chi connectivity index (χ0v) is 20.3. The van der Waals surface area contributed by atoms with Gasteiger partial charge >= 0.3 is 0 Å². The van der Waals surface area contributed by atoms with Gasteiger partial charge in [0.2, 0.25) is 0 Å². The number of nitrogens with zero attached hydrogens (tertiary/aromatic N) is 4. The van der Waals surface area contributed by atoms with E-state index in [1.165, 1.54) is 10.6 Å². The molecule has 0 saturated carbocycles. The summed E-state index contributed by atoms with van der Waals surface area (Å²) in [6, 6.07) is 15.8. The van der Waals surface area contributed by atoms with E-state index in [4.69, 9.17) is 16.3 Å². The average molecular weight is 508 g/mol. The number of aromatic amines is 1. The van der Waals surface area contributed by atoms with Gasteiger partial charge in [-0.15, -0.1) is 0 Å². The minimum Gasteiger partial charge on any atom is -0.486 e. The first-order valence-electron chi connectivity index (χ1n) is 11.9. The molecule has 4 aromatic rings. The number of aromatic nitrogens is 4. The molecule has 0 spiro atoms. The van der Waals surface area contributed by atoms with Crippen LogP contribution in [0.4, 0.5) is 0 Å². The molecule has 2 aromatic carbocycles. The minimum absolute atomic E-state index is 0.0171. The van der Waals surface area contributed by atoms with Crippen molar-refractivity contribution in [1.82, 2.24) is 24.5 Å². The molecule has 2 aromatic heterocycles. The Hall–Kier alpha value is -3.69. The van der Waals surface area contributed by atoms with E-state index in [1.807, 2.05) is 30.3 Å². The van der Waals surface area contributed by atoms with Crippen molar-refractivity contribution >= 4 is 23.3 Å². The zero-order valence-electron chi connectivity index (χ0n) is 19.6. The van der Waals surface area contributed by atoms with E-state index < -0.39 is 0 Å². The summed E-state index contributed by atoms with van der Waals surface area (Å²) in [4.78, 5) is 36.9. The number of benzene rings is 2. The lowest BCUT2D eigenvalue weighted by Gasteiger charge is -2.36. The fourth-order valence-corrected chi connectivity index (χ4v) is 4.82. The van der Waals surface area contributed by atoms with E-state index in [1.54, 1.807) is 23.1 Å². The average Bonchev–Trinajstić information content (AvgIpc) is 3.33. The standard InChI is InChI=1S/C26H26ClN5O4/c27-20-10-6-11-21(23(20)25(35)31-13-5-4-9-19(31)12-14-33)36-16-18-15-22(34)32-26(28-18)29-24(30-32)17-7-2-1-3-8-17/h1-3,6-8,10-11,15,19,33H,4-5,9,12-14,16H2,(H,28,29,30)/t19-/m1/s1. The van der Waals surface area contributed by atoms with E-state index in [2.05, 4.69) is 15.1 Å². The molecule has 0 radical (unpaired) electrons. The molecular weight excluding hydrogens is 482 g/mol. The minimum atomic E-state index is -0.323. The highest BCUT2D eigenvalue weighted by Gasteiger charge is 2.30. The van der Waals surface area contributed by atoms with Crippen molar-refractivity contribution in [3.05, 3.63) is 81.2 Å². The van der Waals surface area contributed by atoms with Gasteiger partial charge in [0.25, 0.3) is 17.2 Å². The van der Waals surface area contributed by atoms with Gasteiger partial charge in [-0.3, -0.25) is 14.7 Å². The first-order chi connectivity index (χ1) is 17.5. The normalized spacial score (nSPS) is 15.8. The second-order valence-corrected chi connectivity index (χ2v) is 9.13. The number of carbonyl (C=O) groups is 1. The zero-order chi connectivity index (χ0) is 25.1. The van der Waals surface area contributed by atoms with Crippen LogP contribution in [0, 0.1) is 0 Å². The highest BCUT2D eigenvalue weighted by atomic mass is 35.5. The Kier molecular flexibility index (Phi) is 7.02. The van der Waals surface area contributed by atoms with Crippen LogP contribution in [-0.2, 0) is 6.61 Å². The number of aliphatic hydroxyl groups is 1. The monoisotopic (exact) mass is 507 g/mol. The summed E-state index contributed by atoms with van der Waals surface area (Å²) >= 11 is 6.45. The number of hydrogen-bond acceptors (Lipinski definition) is 6. The van der Waals surface area contributed by atoms with E-state index in [0.717, 1.165) is 24.8 Å². The van der Waals surface area contributed by atoms with Crippen molar-refractivity contribution in [3.63, 3.8) is 0 Å². The summed E-state index contributed by atoms with van der Waals surface area (Å²) in [6.45, 7) is 0.579. The largest absolute Gasteiger partial charge is 0.486 e. The smallest absolute Gasteiger partial charge is 0.274 e. The van der Waals surface area contributed by atoms with Crippen LogP contribution in [0.3, 0.4) is 0 Å². The summed E-state index contributed by atoms with van der Waals surface area (Å²) in [5.74, 6) is 0.842. The maximum Gasteiger partial charge on any atom is 0.274 e. The summed E-state index contributed by atoms with van der Waals surface area (Å²) in [6.07, 6.45) is 3.28.